The number of nitrogens with one attached hydrogen (secondary N) is 1. The van der Waals surface area contributed by atoms with Gasteiger partial charge in [0.25, 0.3) is 0 Å². The van der Waals surface area contributed by atoms with Crippen LogP contribution in [0.4, 0.5) is 0 Å². The van der Waals surface area contributed by atoms with Crippen molar-refractivity contribution in [3.8, 4) is 0 Å². The van der Waals surface area contributed by atoms with Crippen LogP contribution in [0.15, 0.2) is 0 Å². The zero-order valence-corrected chi connectivity index (χ0v) is 12.6. The minimum Gasteiger partial charge on any atom is -0.378 e. The summed E-state index contributed by atoms with van der Waals surface area (Å²) in [6.45, 7) is 7.38. The molecule has 1 atom stereocenters. The number of amides is 2. The third kappa shape index (κ3) is 5.34. The number of ether oxygens (including phenoxy) is 1. The Hall–Kier alpha value is -0.850. The molecule has 1 saturated heterocycles. The molecule has 7 heteroatoms. The molecule has 6 nitrogen and oxygen atoms in total. The van der Waals surface area contributed by atoms with Gasteiger partial charge in [0.1, 0.15) is 6.04 Å². The summed E-state index contributed by atoms with van der Waals surface area (Å²) in [5.74, 6) is -0.366. The molecular weight excluding hydrogens is 270 g/mol. The Labute approximate surface area is 120 Å². The largest absolute Gasteiger partial charge is 0.378 e. The Kier molecular flexibility index (Phi) is 7.33. The molecule has 1 rings (SSSR count). The van der Waals surface area contributed by atoms with Crippen LogP contribution in [0.3, 0.4) is 0 Å². The first kappa shape index (κ1) is 18.1. The first-order chi connectivity index (χ1) is 8.36. The smallest absolute Gasteiger partial charge is 0.245 e. The van der Waals surface area contributed by atoms with Crippen LogP contribution < -0.4 is 11.1 Å². The summed E-state index contributed by atoms with van der Waals surface area (Å²) in [5, 5.41) is 2.71. The second-order valence-corrected chi connectivity index (χ2v) is 5.09. The fourth-order valence-corrected chi connectivity index (χ4v) is 1.69. The summed E-state index contributed by atoms with van der Waals surface area (Å²) in [6, 6.07) is -0.501. The number of rotatable bonds is 4. The molecule has 0 bridgehead atoms. The second kappa shape index (κ2) is 7.67. The fourth-order valence-electron chi connectivity index (χ4n) is 1.69. The third-order valence-corrected chi connectivity index (χ3v) is 2.92. The summed E-state index contributed by atoms with van der Waals surface area (Å²) in [7, 11) is 0. The highest BCUT2D eigenvalue weighted by atomic mass is 35.5. The van der Waals surface area contributed by atoms with Crippen molar-refractivity contribution in [3.63, 3.8) is 0 Å². The van der Waals surface area contributed by atoms with E-state index in [4.69, 9.17) is 10.5 Å². The van der Waals surface area contributed by atoms with E-state index in [0.717, 1.165) is 0 Å². The summed E-state index contributed by atoms with van der Waals surface area (Å²) < 4.78 is 5.20. The van der Waals surface area contributed by atoms with Gasteiger partial charge in [-0.05, 0) is 20.3 Å². The molecule has 1 aliphatic rings. The summed E-state index contributed by atoms with van der Waals surface area (Å²) in [4.78, 5) is 25.7. The average Bonchev–Trinajstić information content (AvgIpc) is 2.34. The van der Waals surface area contributed by atoms with Crippen molar-refractivity contribution >= 4 is 24.2 Å². The number of nitrogens with two attached hydrogens (primary N) is 1. The van der Waals surface area contributed by atoms with E-state index < -0.39 is 11.6 Å². The Morgan fingerprint density at radius 1 is 1.37 bits per heavy atom. The molecule has 0 aliphatic carbocycles. The molecule has 19 heavy (non-hydrogen) atoms. The highest BCUT2D eigenvalue weighted by molar-refractivity contribution is 5.91. The van der Waals surface area contributed by atoms with Crippen LogP contribution in [-0.2, 0) is 14.3 Å². The van der Waals surface area contributed by atoms with Crippen LogP contribution in [0.2, 0.25) is 0 Å². The monoisotopic (exact) mass is 293 g/mol. The molecule has 0 saturated carbocycles. The van der Waals surface area contributed by atoms with E-state index in [1.54, 1.807) is 18.7 Å². The lowest BCUT2D eigenvalue weighted by Crippen LogP contribution is -2.57. The number of hydrogen-bond donors (Lipinski definition) is 2. The van der Waals surface area contributed by atoms with E-state index in [9.17, 15) is 9.59 Å². The van der Waals surface area contributed by atoms with Crippen LogP contribution in [-0.4, -0.2) is 54.6 Å². The summed E-state index contributed by atoms with van der Waals surface area (Å²) >= 11 is 0. The predicted octanol–water partition coefficient (Wildman–Crippen LogP) is -0.101. The van der Waals surface area contributed by atoms with Crippen molar-refractivity contribution in [2.75, 3.05) is 26.3 Å². The molecule has 112 valence electrons. The topological polar surface area (TPSA) is 84.7 Å². The number of nitrogens with zero attached hydrogens (tertiary/aromatic N) is 1. The first-order valence-electron chi connectivity index (χ1n) is 6.32. The fraction of sp³-hybridized carbons (Fsp3) is 0.833. The van der Waals surface area contributed by atoms with Gasteiger partial charge in [0.05, 0.1) is 18.8 Å². The lowest BCUT2D eigenvalue weighted by Gasteiger charge is -2.31. The molecular formula is C12H24ClN3O3. The average molecular weight is 294 g/mol. The minimum absolute atomic E-state index is 0. The van der Waals surface area contributed by atoms with Gasteiger partial charge < -0.3 is 20.7 Å². The van der Waals surface area contributed by atoms with Gasteiger partial charge in [0.15, 0.2) is 0 Å². The van der Waals surface area contributed by atoms with Gasteiger partial charge in [-0.25, -0.2) is 0 Å². The van der Waals surface area contributed by atoms with Crippen LogP contribution in [0, 0.1) is 0 Å². The molecule has 1 fully saturated rings. The van der Waals surface area contributed by atoms with E-state index in [1.165, 1.54) is 0 Å². The van der Waals surface area contributed by atoms with Crippen LogP contribution >= 0.6 is 12.4 Å². The summed E-state index contributed by atoms with van der Waals surface area (Å²) in [5.41, 5.74) is 4.73. The van der Waals surface area contributed by atoms with Gasteiger partial charge in [-0.2, -0.15) is 0 Å². The minimum atomic E-state index is -0.974. The van der Waals surface area contributed by atoms with E-state index in [-0.39, 0.29) is 24.2 Å². The molecule has 1 aliphatic heterocycles. The quantitative estimate of drug-likeness (QED) is 0.758. The van der Waals surface area contributed by atoms with Gasteiger partial charge in [-0.3, -0.25) is 9.59 Å². The standard InChI is InChI=1S/C12H23N3O3.ClH/c1-4-9(14-11(17)12(2,3)13)10(16)15-5-7-18-8-6-15;/h9H,4-8,13H2,1-3H3,(H,14,17);1H. The van der Waals surface area contributed by atoms with Crippen LogP contribution in [0.5, 0.6) is 0 Å². The molecule has 0 aromatic heterocycles. The van der Waals surface area contributed by atoms with E-state index >= 15 is 0 Å². The normalized spacial score (nSPS) is 17.4. The molecule has 1 unspecified atom stereocenters. The third-order valence-electron chi connectivity index (χ3n) is 2.92. The number of halogens is 1. The SMILES string of the molecule is CCC(NC(=O)C(C)(C)N)C(=O)N1CCOCC1.Cl. The van der Waals surface area contributed by atoms with Crippen LogP contribution in [0.25, 0.3) is 0 Å². The first-order valence-corrected chi connectivity index (χ1v) is 6.32. The Balaban J connectivity index is 0.00000324. The maximum absolute atomic E-state index is 12.2. The van der Waals surface area contributed by atoms with Crippen molar-refractivity contribution < 1.29 is 14.3 Å². The molecule has 3 N–H and O–H groups in total. The highest BCUT2D eigenvalue weighted by Crippen LogP contribution is 2.05. The molecule has 2 amide bonds. The Bertz CT molecular complexity index is 312. The van der Waals surface area contributed by atoms with Gasteiger partial charge in [0, 0.05) is 13.1 Å². The van der Waals surface area contributed by atoms with Gasteiger partial charge in [-0.15, -0.1) is 12.4 Å². The second-order valence-electron chi connectivity index (χ2n) is 5.09. The maximum Gasteiger partial charge on any atom is 0.245 e. The maximum atomic E-state index is 12.2. The molecule has 0 aromatic rings. The number of carbonyl (C=O) groups excluding carboxylic acids is 2. The van der Waals surface area contributed by atoms with E-state index in [2.05, 4.69) is 5.32 Å². The van der Waals surface area contributed by atoms with Gasteiger partial charge in [-0.1, -0.05) is 6.92 Å². The summed E-state index contributed by atoms with van der Waals surface area (Å²) in [6.07, 6.45) is 0.554. The predicted molar refractivity (Wildman–Crippen MR) is 75.1 cm³/mol. The van der Waals surface area contributed by atoms with Crippen LogP contribution in [0.1, 0.15) is 27.2 Å². The highest BCUT2D eigenvalue weighted by Gasteiger charge is 2.29. The lowest BCUT2D eigenvalue weighted by atomic mass is 10.0. The molecule has 1 heterocycles. The number of carbonyl (C=O) groups is 2. The van der Waals surface area contributed by atoms with Crippen molar-refractivity contribution in [3.05, 3.63) is 0 Å². The molecule has 0 spiro atoms. The van der Waals surface area contributed by atoms with Gasteiger partial charge in [0.2, 0.25) is 11.8 Å². The van der Waals surface area contributed by atoms with E-state index in [0.29, 0.717) is 32.7 Å². The van der Waals surface area contributed by atoms with E-state index in [1.807, 2.05) is 6.92 Å². The molecule has 0 radical (unpaired) electrons. The molecule has 0 aromatic carbocycles. The Morgan fingerprint density at radius 3 is 2.32 bits per heavy atom. The van der Waals surface area contributed by atoms with Crippen molar-refractivity contribution in [2.45, 2.75) is 38.8 Å². The lowest BCUT2D eigenvalue weighted by molar-refractivity contribution is -0.140. The Morgan fingerprint density at radius 2 is 1.89 bits per heavy atom. The zero-order chi connectivity index (χ0) is 13.8. The van der Waals surface area contributed by atoms with Crippen molar-refractivity contribution in [2.24, 2.45) is 5.73 Å². The van der Waals surface area contributed by atoms with Crippen molar-refractivity contribution in [1.82, 2.24) is 10.2 Å². The van der Waals surface area contributed by atoms with Gasteiger partial charge >= 0.3 is 0 Å². The number of hydrogen-bond acceptors (Lipinski definition) is 4. The zero-order valence-electron chi connectivity index (χ0n) is 11.8. The number of morpholine rings is 1. The van der Waals surface area contributed by atoms with Crippen molar-refractivity contribution in [1.29, 1.82) is 0 Å².